The fourth-order valence-corrected chi connectivity index (χ4v) is 1.77. The van der Waals surface area contributed by atoms with E-state index in [9.17, 15) is 9.90 Å². The second kappa shape index (κ2) is 6.02. The molecule has 98 valence electrons. The summed E-state index contributed by atoms with van der Waals surface area (Å²) in [4.78, 5) is 12.0. The van der Waals surface area contributed by atoms with Crippen LogP contribution in [0, 0.1) is 0 Å². The Balaban J connectivity index is 2.09. The Kier molecular flexibility index (Phi) is 4.15. The van der Waals surface area contributed by atoms with Crippen molar-refractivity contribution in [2.24, 2.45) is 0 Å². The lowest BCUT2D eigenvalue weighted by molar-refractivity contribution is 0.102. The molecule has 0 bridgehead atoms. The van der Waals surface area contributed by atoms with Crippen molar-refractivity contribution in [3.63, 3.8) is 0 Å². The van der Waals surface area contributed by atoms with Crippen LogP contribution in [0.3, 0.4) is 0 Å². The molecule has 19 heavy (non-hydrogen) atoms. The molecule has 1 amide bonds. The zero-order chi connectivity index (χ0) is 13.7. The number of aromatic hydroxyl groups is 1. The summed E-state index contributed by atoms with van der Waals surface area (Å²) in [6.07, 6.45) is 0. The molecule has 0 unspecified atom stereocenters. The van der Waals surface area contributed by atoms with Crippen molar-refractivity contribution < 1.29 is 9.90 Å². The van der Waals surface area contributed by atoms with Gasteiger partial charge in [-0.2, -0.15) is 0 Å². The van der Waals surface area contributed by atoms with Crippen LogP contribution < -0.4 is 10.6 Å². The molecule has 0 radical (unpaired) electrons. The summed E-state index contributed by atoms with van der Waals surface area (Å²) in [6.45, 7) is 0.785. The Labute approximate surface area is 112 Å². The molecular weight excluding hydrogens is 240 g/mol. The maximum atomic E-state index is 12.0. The van der Waals surface area contributed by atoms with Crippen molar-refractivity contribution >= 4 is 11.6 Å². The zero-order valence-electron chi connectivity index (χ0n) is 10.7. The minimum atomic E-state index is -0.320. The summed E-state index contributed by atoms with van der Waals surface area (Å²) in [5, 5.41) is 15.4. The number of carbonyl (C=O) groups excluding carboxylic acids is 1. The van der Waals surface area contributed by atoms with Gasteiger partial charge in [-0.3, -0.25) is 4.79 Å². The quantitative estimate of drug-likeness (QED) is 0.787. The summed E-state index contributed by atoms with van der Waals surface area (Å²) >= 11 is 0. The maximum Gasteiger partial charge on any atom is 0.259 e. The molecule has 0 saturated carbocycles. The van der Waals surface area contributed by atoms with Crippen LogP contribution in [0.15, 0.2) is 48.5 Å². The van der Waals surface area contributed by atoms with Crippen LogP contribution in [-0.4, -0.2) is 18.1 Å². The molecular formula is C15H16N2O2. The van der Waals surface area contributed by atoms with Gasteiger partial charge in [0.05, 0.1) is 5.56 Å². The van der Waals surface area contributed by atoms with Crippen LogP contribution in [0.1, 0.15) is 15.9 Å². The number of phenolic OH excluding ortho intramolecular Hbond substituents is 1. The number of carbonyl (C=O) groups is 1. The van der Waals surface area contributed by atoms with E-state index >= 15 is 0 Å². The zero-order valence-corrected chi connectivity index (χ0v) is 10.7. The van der Waals surface area contributed by atoms with Crippen LogP contribution in [-0.2, 0) is 6.54 Å². The monoisotopic (exact) mass is 256 g/mol. The van der Waals surface area contributed by atoms with Crippen LogP contribution >= 0.6 is 0 Å². The smallest absolute Gasteiger partial charge is 0.259 e. The lowest BCUT2D eigenvalue weighted by atomic mass is 10.1. The third-order valence-corrected chi connectivity index (χ3v) is 2.74. The van der Waals surface area contributed by atoms with Crippen LogP contribution in [0.4, 0.5) is 5.69 Å². The second-order valence-corrected chi connectivity index (χ2v) is 4.20. The summed E-state index contributed by atoms with van der Waals surface area (Å²) in [5.41, 5.74) is 2.11. The number of hydrogen-bond donors (Lipinski definition) is 3. The van der Waals surface area contributed by atoms with Crippen molar-refractivity contribution in [3.05, 3.63) is 59.7 Å². The van der Waals surface area contributed by atoms with Crippen LogP contribution in [0.5, 0.6) is 5.75 Å². The Morgan fingerprint density at radius 3 is 2.42 bits per heavy atom. The minimum Gasteiger partial charge on any atom is -0.507 e. The SMILES string of the molecule is CNCc1ccc(NC(=O)c2ccccc2O)cc1. The lowest BCUT2D eigenvalue weighted by Gasteiger charge is -2.07. The topological polar surface area (TPSA) is 61.4 Å². The molecule has 4 nitrogen and oxygen atoms in total. The van der Waals surface area contributed by atoms with E-state index in [1.807, 2.05) is 31.3 Å². The predicted molar refractivity (Wildman–Crippen MR) is 75.3 cm³/mol. The Hall–Kier alpha value is -2.33. The van der Waals surface area contributed by atoms with E-state index in [4.69, 9.17) is 0 Å². The highest BCUT2D eigenvalue weighted by Gasteiger charge is 2.09. The normalized spacial score (nSPS) is 10.2. The minimum absolute atomic E-state index is 0.0215. The summed E-state index contributed by atoms with van der Waals surface area (Å²) in [6, 6.07) is 14.0. The summed E-state index contributed by atoms with van der Waals surface area (Å²) in [5.74, 6) is -0.341. The number of anilines is 1. The molecule has 0 aliphatic carbocycles. The number of amides is 1. The van der Waals surface area contributed by atoms with Gasteiger partial charge in [-0.15, -0.1) is 0 Å². The third kappa shape index (κ3) is 3.33. The van der Waals surface area contributed by atoms with E-state index in [0.29, 0.717) is 5.69 Å². The molecule has 0 aliphatic heterocycles. The maximum absolute atomic E-state index is 12.0. The number of benzene rings is 2. The second-order valence-electron chi connectivity index (χ2n) is 4.20. The van der Waals surface area contributed by atoms with E-state index in [1.54, 1.807) is 18.2 Å². The number of rotatable bonds is 4. The first kappa shape index (κ1) is 13.1. The number of phenols is 1. The summed E-state index contributed by atoms with van der Waals surface area (Å²) in [7, 11) is 1.88. The van der Waals surface area contributed by atoms with Gasteiger partial charge in [-0.1, -0.05) is 24.3 Å². The van der Waals surface area contributed by atoms with Gasteiger partial charge >= 0.3 is 0 Å². The van der Waals surface area contributed by atoms with E-state index in [2.05, 4.69) is 10.6 Å². The molecule has 3 N–H and O–H groups in total. The average Bonchev–Trinajstić information content (AvgIpc) is 2.42. The first-order chi connectivity index (χ1) is 9.20. The molecule has 2 rings (SSSR count). The van der Waals surface area contributed by atoms with Gasteiger partial charge in [-0.25, -0.2) is 0 Å². The standard InChI is InChI=1S/C15H16N2O2/c1-16-10-11-6-8-12(9-7-11)17-15(19)13-4-2-3-5-14(13)18/h2-9,16,18H,10H2,1H3,(H,17,19). The van der Waals surface area contributed by atoms with Crippen molar-refractivity contribution in [1.82, 2.24) is 5.32 Å². The van der Waals surface area contributed by atoms with Gasteiger partial charge in [0.1, 0.15) is 5.75 Å². The highest BCUT2D eigenvalue weighted by molar-refractivity contribution is 6.06. The molecule has 0 fully saturated rings. The molecule has 0 spiro atoms. The van der Waals surface area contributed by atoms with Crippen LogP contribution in [0.2, 0.25) is 0 Å². The van der Waals surface area contributed by atoms with Crippen molar-refractivity contribution in [2.75, 3.05) is 12.4 Å². The van der Waals surface area contributed by atoms with Crippen molar-refractivity contribution in [3.8, 4) is 5.75 Å². The van der Waals surface area contributed by atoms with Crippen molar-refractivity contribution in [2.45, 2.75) is 6.54 Å². The third-order valence-electron chi connectivity index (χ3n) is 2.74. The number of nitrogens with one attached hydrogen (secondary N) is 2. The van der Waals surface area contributed by atoms with E-state index < -0.39 is 0 Å². The highest BCUT2D eigenvalue weighted by Crippen LogP contribution is 2.18. The fourth-order valence-electron chi connectivity index (χ4n) is 1.77. The van der Waals surface area contributed by atoms with E-state index in [-0.39, 0.29) is 17.2 Å². The van der Waals surface area contributed by atoms with Crippen molar-refractivity contribution in [1.29, 1.82) is 0 Å². The van der Waals surface area contributed by atoms with Gasteiger partial charge in [0.2, 0.25) is 0 Å². The Morgan fingerprint density at radius 2 is 1.79 bits per heavy atom. The Morgan fingerprint density at radius 1 is 1.11 bits per heavy atom. The van der Waals surface area contributed by atoms with E-state index in [0.717, 1.165) is 12.1 Å². The molecule has 0 heterocycles. The average molecular weight is 256 g/mol. The molecule has 4 heteroatoms. The Bertz CT molecular complexity index is 565. The van der Waals surface area contributed by atoms with Gasteiger partial charge < -0.3 is 15.7 Å². The molecule has 0 aromatic heterocycles. The van der Waals surface area contributed by atoms with E-state index in [1.165, 1.54) is 6.07 Å². The van der Waals surface area contributed by atoms with Gasteiger partial charge in [-0.05, 0) is 36.9 Å². The summed E-state index contributed by atoms with van der Waals surface area (Å²) < 4.78 is 0. The molecule has 2 aromatic rings. The van der Waals surface area contributed by atoms with Gasteiger partial charge in [0.15, 0.2) is 0 Å². The fraction of sp³-hybridized carbons (Fsp3) is 0.133. The lowest BCUT2D eigenvalue weighted by Crippen LogP contribution is -2.12. The molecule has 0 aliphatic rings. The first-order valence-corrected chi connectivity index (χ1v) is 6.03. The molecule has 0 atom stereocenters. The molecule has 0 saturated heterocycles. The van der Waals surface area contributed by atoms with Crippen LogP contribution in [0.25, 0.3) is 0 Å². The number of hydrogen-bond acceptors (Lipinski definition) is 3. The van der Waals surface area contributed by atoms with Gasteiger partial charge in [0.25, 0.3) is 5.91 Å². The van der Waals surface area contributed by atoms with Gasteiger partial charge in [0, 0.05) is 12.2 Å². The number of para-hydroxylation sites is 1. The largest absolute Gasteiger partial charge is 0.507 e. The molecule has 2 aromatic carbocycles. The highest BCUT2D eigenvalue weighted by atomic mass is 16.3. The first-order valence-electron chi connectivity index (χ1n) is 6.03. The predicted octanol–water partition coefficient (Wildman–Crippen LogP) is 2.36.